The predicted octanol–water partition coefficient (Wildman–Crippen LogP) is 5.09. The molecule has 0 amide bonds. The second-order valence-corrected chi connectivity index (χ2v) is 10.8. The number of rotatable bonds is 1. The van der Waals surface area contributed by atoms with Gasteiger partial charge < -0.3 is 19.5 Å². The van der Waals surface area contributed by atoms with Crippen LogP contribution in [0.15, 0.2) is 0 Å². The zero-order valence-electron chi connectivity index (χ0n) is 17.3. The third-order valence-electron chi connectivity index (χ3n) is 7.98. The molecule has 1 N–H and O–H groups in total. The molecule has 1 saturated heterocycles. The first-order valence-electron chi connectivity index (χ1n) is 10.2. The lowest BCUT2D eigenvalue weighted by atomic mass is 9.51. The zero-order valence-corrected chi connectivity index (χ0v) is 18.0. The Hall–Kier alpha value is -0.810. The van der Waals surface area contributed by atoms with Crippen LogP contribution in [0.5, 0.6) is 0 Å². The first kappa shape index (κ1) is 20.9. The predicted molar refractivity (Wildman–Crippen MR) is 107 cm³/mol. The maximum atomic E-state index is 11.0. The van der Waals surface area contributed by atoms with E-state index in [-0.39, 0.29) is 28.7 Å². The Morgan fingerprint density at radius 1 is 0.963 bits per heavy atom. The summed E-state index contributed by atoms with van der Waals surface area (Å²) in [6.45, 7) is 25.8. The summed E-state index contributed by atoms with van der Waals surface area (Å²) < 4.78 is 6.63. The average Bonchev–Trinajstić information content (AvgIpc) is 2.57. The minimum Gasteiger partial charge on any atom is -0.382 e. The lowest BCUT2D eigenvalue weighted by Gasteiger charge is -2.57. The van der Waals surface area contributed by atoms with Gasteiger partial charge in [-0.3, -0.25) is 0 Å². The largest absolute Gasteiger partial charge is 0.382 e. The topological polar surface area (TPSA) is 38.2 Å². The van der Waals surface area contributed by atoms with Gasteiger partial charge in [-0.15, -0.1) is 11.6 Å². The molecular formula is C22H33ClN2O2. The van der Waals surface area contributed by atoms with Crippen molar-refractivity contribution in [1.29, 1.82) is 0 Å². The highest BCUT2D eigenvalue weighted by atomic mass is 35.5. The average molecular weight is 393 g/mol. The van der Waals surface area contributed by atoms with Crippen LogP contribution in [0.3, 0.4) is 0 Å². The molecule has 2 saturated carbocycles. The van der Waals surface area contributed by atoms with E-state index in [2.05, 4.69) is 37.4 Å². The maximum Gasteiger partial charge on any atom is 0.255 e. The normalized spacial score (nSPS) is 52.3. The molecule has 0 aromatic carbocycles. The fourth-order valence-corrected chi connectivity index (χ4v) is 6.44. The van der Waals surface area contributed by atoms with Gasteiger partial charge in [0.25, 0.3) is 6.04 Å². The Kier molecular flexibility index (Phi) is 5.13. The van der Waals surface area contributed by atoms with Gasteiger partial charge in [0.15, 0.2) is 0 Å². The quantitative estimate of drug-likeness (QED) is 0.498. The molecule has 4 nitrogen and oxygen atoms in total. The monoisotopic (exact) mass is 392 g/mol. The van der Waals surface area contributed by atoms with E-state index < -0.39 is 22.8 Å². The summed E-state index contributed by atoms with van der Waals surface area (Å²) in [6.07, 6.45) is 4.83. The molecule has 3 rings (SSSR count). The van der Waals surface area contributed by atoms with Gasteiger partial charge in [0.2, 0.25) is 5.54 Å². The number of fused-ring (bicyclic) bond motifs is 1. The van der Waals surface area contributed by atoms with Crippen LogP contribution in [0.25, 0.3) is 9.69 Å². The van der Waals surface area contributed by atoms with Crippen LogP contribution in [0.2, 0.25) is 0 Å². The molecule has 1 aliphatic heterocycles. The summed E-state index contributed by atoms with van der Waals surface area (Å²) >= 11 is 6.53. The van der Waals surface area contributed by atoms with E-state index in [9.17, 15) is 5.11 Å². The molecule has 8 atom stereocenters. The molecule has 5 heteroatoms. The summed E-state index contributed by atoms with van der Waals surface area (Å²) in [6, 6.07) is -0.486. The van der Waals surface area contributed by atoms with Crippen molar-refractivity contribution in [3.63, 3.8) is 0 Å². The lowest BCUT2D eigenvalue weighted by Crippen LogP contribution is -2.64. The summed E-state index contributed by atoms with van der Waals surface area (Å²) in [5.41, 5.74) is -2.25. The zero-order chi connectivity index (χ0) is 20.3. The van der Waals surface area contributed by atoms with Crippen LogP contribution in [0.4, 0.5) is 0 Å². The van der Waals surface area contributed by atoms with Crippen molar-refractivity contribution in [3.8, 4) is 0 Å². The van der Waals surface area contributed by atoms with Crippen molar-refractivity contribution in [2.24, 2.45) is 17.8 Å². The maximum absolute atomic E-state index is 11.0. The standard InChI is InChI=1S/C22H33ClN2O2/c1-19(2)16(23)10-13-22(5,27-19)15-8-11-20(3,25-7)14-9-12-21(4,26)18(24-6)17(14)15/h14-18,26H,8-13H2,1-5H3/t14?,15?,16-,17?,18-,20+,21-,22-/m1/s1. The third kappa shape index (κ3) is 3.29. The number of nitrogens with zero attached hydrogens (tertiary/aromatic N) is 2. The van der Waals surface area contributed by atoms with Gasteiger partial charge in [0.1, 0.15) is 5.60 Å². The van der Waals surface area contributed by atoms with E-state index >= 15 is 0 Å². The second kappa shape index (κ2) is 6.62. The number of hydrogen-bond acceptors (Lipinski definition) is 2. The van der Waals surface area contributed by atoms with Gasteiger partial charge in [-0.05, 0) is 65.7 Å². The molecule has 3 aliphatic rings. The first-order valence-corrected chi connectivity index (χ1v) is 10.7. The van der Waals surface area contributed by atoms with Crippen LogP contribution in [-0.2, 0) is 4.74 Å². The Morgan fingerprint density at radius 2 is 1.59 bits per heavy atom. The van der Waals surface area contributed by atoms with Gasteiger partial charge in [-0.1, -0.05) is 0 Å². The smallest absolute Gasteiger partial charge is 0.255 e. The van der Waals surface area contributed by atoms with E-state index in [1.54, 1.807) is 6.92 Å². The SMILES string of the molecule is [C-]#[N+][C@@H]1C2C([C@@]3(C)CC[C@@H](Cl)C(C)(C)O3)CC[C@](C)([N+]#[C-])C2CC[C@@]1(C)O. The van der Waals surface area contributed by atoms with Gasteiger partial charge >= 0.3 is 0 Å². The number of alkyl halides is 1. The molecule has 0 aromatic heterocycles. The number of aliphatic hydroxyl groups is 1. The van der Waals surface area contributed by atoms with Crippen LogP contribution < -0.4 is 0 Å². The van der Waals surface area contributed by atoms with Crippen molar-refractivity contribution in [2.45, 2.75) is 107 Å². The lowest BCUT2D eigenvalue weighted by molar-refractivity contribution is -0.217. The minimum absolute atomic E-state index is 0.0215. The van der Waals surface area contributed by atoms with E-state index in [4.69, 9.17) is 29.5 Å². The summed E-state index contributed by atoms with van der Waals surface area (Å²) in [5, 5.41) is 11.0. The van der Waals surface area contributed by atoms with Crippen molar-refractivity contribution in [1.82, 2.24) is 0 Å². The van der Waals surface area contributed by atoms with Gasteiger partial charge in [-0.25, -0.2) is 13.1 Å². The van der Waals surface area contributed by atoms with Crippen LogP contribution in [-0.4, -0.2) is 38.9 Å². The van der Waals surface area contributed by atoms with E-state index in [1.807, 2.05) is 0 Å². The van der Waals surface area contributed by atoms with Crippen LogP contribution >= 0.6 is 11.6 Å². The Bertz CT molecular complexity index is 679. The highest BCUT2D eigenvalue weighted by Gasteiger charge is 2.66. The molecule has 2 aliphatic carbocycles. The molecule has 0 radical (unpaired) electrons. The second-order valence-electron chi connectivity index (χ2n) is 10.3. The Labute approximate surface area is 169 Å². The third-order valence-corrected chi connectivity index (χ3v) is 8.72. The number of halogens is 1. The molecule has 27 heavy (non-hydrogen) atoms. The van der Waals surface area contributed by atoms with Gasteiger partial charge in [0.05, 0.1) is 22.5 Å². The molecule has 3 unspecified atom stereocenters. The summed E-state index contributed by atoms with van der Waals surface area (Å²) in [4.78, 5) is 7.95. The van der Waals surface area contributed by atoms with Gasteiger partial charge in [-0.2, -0.15) is 0 Å². The van der Waals surface area contributed by atoms with Crippen molar-refractivity contribution in [3.05, 3.63) is 22.8 Å². The number of ether oxygens (including phenoxy) is 1. The van der Waals surface area contributed by atoms with Crippen LogP contribution in [0, 0.1) is 30.9 Å². The Balaban J connectivity index is 2.03. The molecule has 3 fully saturated rings. The van der Waals surface area contributed by atoms with E-state index in [0.717, 1.165) is 32.1 Å². The van der Waals surface area contributed by atoms with Crippen LogP contribution in [0.1, 0.15) is 73.1 Å². The minimum atomic E-state index is -1.00. The molecule has 0 aromatic rings. The summed E-state index contributed by atoms with van der Waals surface area (Å²) in [5.74, 6) is 0.267. The fourth-order valence-electron chi connectivity index (χ4n) is 6.29. The number of hydrogen-bond donors (Lipinski definition) is 1. The molecular weight excluding hydrogens is 360 g/mol. The van der Waals surface area contributed by atoms with E-state index in [1.165, 1.54) is 0 Å². The highest BCUT2D eigenvalue weighted by molar-refractivity contribution is 6.21. The van der Waals surface area contributed by atoms with Gasteiger partial charge in [0, 0.05) is 19.3 Å². The summed E-state index contributed by atoms with van der Waals surface area (Å²) in [7, 11) is 0. The Morgan fingerprint density at radius 3 is 2.15 bits per heavy atom. The molecule has 0 spiro atoms. The molecule has 150 valence electrons. The van der Waals surface area contributed by atoms with Crippen molar-refractivity contribution < 1.29 is 9.84 Å². The van der Waals surface area contributed by atoms with E-state index in [0.29, 0.717) is 6.42 Å². The van der Waals surface area contributed by atoms with Crippen molar-refractivity contribution in [2.75, 3.05) is 0 Å². The fraction of sp³-hybridized carbons (Fsp3) is 0.909. The van der Waals surface area contributed by atoms with Crippen molar-refractivity contribution >= 4 is 11.6 Å². The highest BCUT2D eigenvalue weighted by Crippen LogP contribution is 2.58. The first-order chi connectivity index (χ1) is 12.4. The molecule has 0 bridgehead atoms. The molecule has 1 heterocycles.